The van der Waals surface area contributed by atoms with Gasteiger partial charge < -0.3 is 20.3 Å². The van der Waals surface area contributed by atoms with E-state index >= 15 is 0 Å². The zero-order chi connectivity index (χ0) is 16.8. The van der Waals surface area contributed by atoms with Gasteiger partial charge in [-0.2, -0.15) is 11.8 Å². The largest absolute Gasteiger partial charge is 0.495 e. The van der Waals surface area contributed by atoms with Crippen LogP contribution < -0.4 is 20.3 Å². The Hall–Kier alpha value is -1.40. The zero-order valence-electron chi connectivity index (χ0n) is 14.3. The molecule has 24 heavy (non-hydrogen) atoms. The number of rotatable bonds is 5. The minimum Gasteiger partial charge on any atom is -0.495 e. The average Bonchev–Trinajstić information content (AvgIpc) is 2.63. The number of para-hydroxylation sites is 2. The van der Waals surface area contributed by atoms with Crippen molar-refractivity contribution in [2.24, 2.45) is 0 Å². The summed E-state index contributed by atoms with van der Waals surface area (Å²) < 4.78 is 5.45. The number of nitrogens with one attached hydrogen (secondary N) is 2. The molecule has 6 heteroatoms. The van der Waals surface area contributed by atoms with Crippen LogP contribution in [0.4, 0.5) is 5.69 Å². The topological polar surface area (TPSA) is 53.6 Å². The summed E-state index contributed by atoms with van der Waals surface area (Å²) in [5.41, 5.74) is 1.15. The van der Waals surface area contributed by atoms with Gasteiger partial charge in [0.05, 0.1) is 12.8 Å². The van der Waals surface area contributed by atoms with Crippen molar-refractivity contribution < 1.29 is 9.53 Å². The Bertz CT molecular complexity index is 541. The number of piperidine rings is 1. The van der Waals surface area contributed by atoms with Crippen LogP contribution in [0.2, 0.25) is 0 Å². The Labute approximate surface area is 148 Å². The van der Waals surface area contributed by atoms with Crippen LogP contribution in [0.3, 0.4) is 0 Å². The third kappa shape index (κ3) is 4.57. The number of thioether (sulfide) groups is 1. The maximum atomic E-state index is 12.2. The Balaban J connectivity index is 1.45. The fourth-order valence-corrected chi connectivity index (χ4v) is 4.37. The molecule has 1 unspecified atom stereocenters. The molecule has 2 aliphatic rings. The number of ether oxygens (including phenoxy) is 1. The Kier molecular flexibility index (Phi) is 6.26. The van der Waals surface area contributed by atoms with Gasteiger partial charge in [-0.05, 0) is 25.0 Å². The van der Waals surface area contributed by atoms with E-state index in [1.165, 1.54) is 0 Å². The summed E-state index contributed by atoms with van der Waals surface area (Å²) in [5, 5.41) is 6.65. The second-order valence-electron chi connectivity index (χ2n) is 6.43. The first-order valence-electron chi connectivity index (χ1n) is 8.74. The fourth-order valence-electron chi connectivity index (χ4n) is 3.42. The van der Waals surface area contributed by atoms with Gasteiger partial charge in [-0.25, -0.2) is 0 Å². The van der Waals surface area contributed by atoms with Gasteiger partial charge in [-0.1, -0.05) is 12.1 Å². The van der Waals surface area contributed by atoms with Gasteiger partial charge in [-0.3, -0.25) is 4.79 Å². The number of anilines is 1. The third-order valence-corrected chi connectivity index (χ3v) is 5.85. The van der Waals surface area contributed by atoms with Gasteiger partial charge in [0.25, 0.3) is 0 Å². The number of hydrogen-bond acceptors (Lipinski definition) is 5. The number of benzene rings is 1. The molecule has 0 aliphatic carbocycles. The second-order valence-corrected chi connectivity index (χ2v) is 7.58. The molecule has 5 nitrogen and oxygen atoms in total. The number of hydrogen-bond donors (Lipinski definition) is 2. The number of methoxy groups -OCH3 is 1. The molecule has 2 saturated heterocycles. The van der Waals surface area contributed by atoms with Crippen molar-refractivity contribution in [3.8, 4) is 5.75 Å². The smallest absolute Gasteiger partial charge is 0.221 e. The molecule has 0 aromatic heterocycles. The standard InChI is InChI=1S/C18H27N3O2S/c1-23-17-5-3-2-4-16(17)21-9-6-14(7-10-21)20-18(22)12-15-13-24-11-8-19-15/h2-5,14-15,19H,6-13H2,1H3,(H,20,22). The van der Waals surface area contributed by atoms with Crippen LogP contribution in [0.5, 0.6) is 5.75 Å². The van der Waals surface area contributed by atoms with Gasteiger partial charge >= 0.3 is 0 Å². The molecule has 2 aliphatic heterocycles. The quantitative estimate of drug-likeness (QED) is 0.850. The molecule has 0 saturated carbocycles. The van der Waals surface area contributed by atoms with Crippen molar-refractivity contribution in [1.82, 2.24) is 10.6 Å². The van der Waals surface area contributed by atoms with E-state index in [0.29, 0.717) is 18.5 Å². The molecule has 2 N–H and O–H groups in total. The SMILES string of the molecule is COc1ccccc1N1CCC(NC(=O)CC2CSCCN2)CC1. The highest BCUT2D eigenvalue weighted by Crippen LogP contribution is 2.29. The third-order valence-electron chi connectivity index (χ3n) is 4.72. The van der Waals surface area contributed by atoms with Crippen LogP contribution in [0.25, 0.3) is 0 Å². The van der Waals surface area contributed by atoms with Gasteiger partial charge in [0, 0.05) is 49.6 Å². The van der Waals surface area contributed by atoms with Crippen LogP contribution in [-0.2, 0) is 4.79 Å². The average molecular weight is 350 g/mol. The molecule has 2 fully saturated rings. The summed E-state index contributed by atoms with van der Waals surface area (Å²) in [5.74, 6) is 3.30. The van der Waals surface area contributed by atoms with E-state index in [1.807, 2.05) is 30.0 Å². The predicted molar refractivity (Wildman–Crippen MR) is 100 cm³/mol. The number of carbonyl (C=O) groups is 1. The predicted octanol–water partition coefficient (Wildman–Crippen LogP) is 1.88. The van der Waals surface area contributed by atoms with Gasteiger partial charge in [0.15, 0.2) is 0 Å². The first-order valence-corrected chi connectivity index (χ1v) is 9.90. The van der Waals surface area contributed by atoms with Gasteiger partial charge in [0.2, 0.25) is 5.91 Å². The van der Waals surface area contributed by atoms with Crippen LogP contribution in [0.1, 0.15) is 19.3 Å². The van der Waals surface area contributed by atoms with E-state index in [1.54, 1.807) is 7.11 Å². The molecule has 0 radical (unpaired) electrons. The van der Waals surface area contributed by atoms with Crippen molar-refractivity contribution >= 4 is 23.4 Å². The number of carbonyl (C=O) groups excluding carboxylic acids is 1. The summed E-state index contributed by atoms with van der Waals surface area (Å²) in [6.07, 6.45) is 2.56. The fraction of sp³-hybridized carbons (Fsp3) is 0.611. The normalized spacial score (nSPS) is 22.2. The van der Waals surface area contributed by atoms with Crippen molar-refractivity contribution in [3.05, 3.63) is 24.3 Å². The maximum absolute atomic E-state index is 12.2. The van der Waals surface area contributed by atoms with Crippen LogP contribution in [0.15, 0.2) is 24.3 Å². The molecule has 3 rings (SSSR count). The van der Waals surface area contributed by atoms with Crippen LogP contribution in [-0.4, -0.2) is 56.2 Å². The highest BCUT2D eigenvalue weighted by atomic mass is 32.2. The molecule has 1 aromatic carbocycles. The lowest BCUT2D eigenvalue weighted by atomic mass is 10.0. The molecular formula is C18H27N3O2S. The lowest BCUT2D eigenvalue weighted by molar-refractivity contribution is -0.122. The summed E-state index contributed by atoms with van der Waals surface area (Å²) in [6, 6.07) is 8.76. The summed E-state index contributed by atoms with van der Waals surface area (Å²) in [7, 11) is 1.71. The summed E-state index contributed by atoms with van der Waals surface area (Å²) in [6.45, 7) is 2.91. The molecule has 0 spiro atoms. The number of amides is 1. The van der Waals surface area contributed by atoms with E-state index in [2.05, 4.69) is 21.6 Å². The van der Waals surface area contributed by atoms with E-state index in [4.69, 9.17) is 4.74 Å². The van der Waals surface area contributed by atoms with Crippen molar-refractivity contribution in [2.45, 2.75) is 31.3 Å². The number of nitrogens with zero attached hydrogens (tertiary/aromatic N) is 1. The lowest BCUT2D eigenvalue weighted by Crippen LogP contribution is -2.47. The summed E-state index contributed by atoms with van der Waals surface area (Å²) in [4.78, 5) is 14.6. The van der Waals surface area contributed by atoms with Gasteiger partial charge in [-0.15, -0.1) is 0 Å². The molecular weight excluding hydrogens is 322 g/mol. The Morgan fingerprint density at radius 2 is 2.17 bits per heavy atom. The Morgan fingerprint density at radius 1 is 1.38 bits per heavy atom. The van der Waals surface area contributed by atoms with Crippen molar-refractivity contribution in [1.29, 1.82) is 0 Å². The van der Waals surface area contributed by atoms with Crippen molar-refractivity contribution in [2.75, 3.05) is 43.1 Å². The van der Waals surface area contributed by atoms with Crippen LogP contribution in [0, 0.1) is 0 Å². The summed E-state index contributed by atoms with van der Waals surface area (Å²) >= 11 is 1.93. The van der Waals surface area contributed by atoms with E-state index in [0.717, 1.165) is 55.4 Å². The molecule has 0 bridgehead atoms. The first-order chi connectivity index (χ1) is 11.8. The van der Waals surface area contributed by atoms with Crippen molar-refractivity contribution in [3.63, 3.8) is 0 Å². The minimum atomic E-state index is 0.186. The second kappa shape index (κ2) is 8.62. The van der Waals surface area contributed by atoms with Gasteiger partial charge in [0.1, 0.15) is 5.75 Å². The molecule has 1 aromatic rings. The van der Waals surface area contributed by atoms with Crippen LogP contribution >= 0.6 is 11.8 Å². The maximum Gasteiger partial charge on any atom is 0.221 e. The minimum absolute atomic E-state index is 0.186. The van der Waals surface area contributed by atoms with E-state index < -0.39 is 0 Å². The Morgan fingerprint density at radius 3 is 2.88 bits per heavy atom. The monoisotopic (exact) mass is 349 g/mol. The van der Waals surface area contributed by atoms with E-state index in [-0.39, 0.29) is 5.91 Å². The highest BCUT2D eigenvalue weighted by molar-refractivity contribution is 7.99. The molecule has 2 heterocycles. The van der Waals surface area contributed by atoms with E-state index in [9.17, 15) is 4.79 Å². The molecule has 1 amide bonds. The highest BCUT2D eigenvalue weighted by Gasteiger charge is 2.24. The molecule has 1 atom stereocenters. The zero-order valence-corrected chi connectivity index (χ0v) is 15.1. The lowest BCUT2D eigenvalue weighted by Gasteiger charge is -2.35. The first kappa shape index (κ1) is 17.4. The molecule has 132 valence electrons.